The number of nitrogens with zero attached hydrogens (tertiary/aromatic N) is 13. The standard InChI is InChI=1S/C26H34N8O3.C22H28N8O/c1-17-23(35)34(18-7-5-6-8-18)22-20(29-17)16-28-24(31-22)30-21-10-9-19(15-27-21)32-11-13-33(14-12-32)25(36)37-26(2,3)4;1-2-17-21(31)30(15-5-3-4-6-15)20-18(26-17)14-25-22(28-20)27-19-8-7-16(13-24-19)29-11-9-23-10-12-29/h9-10,15-16,18H,5-8,11-14H2,1-4H3,(H,27,28,30,31);7-8,13-15,23H,2-6,9-12H2,1H3,(H,24,25,27,28). The van der Waals surface area contributed by atoms with Crippen LogP contribution < -0.4 is 36.9 Å². The first-order chi connectivity index (χ1) is 32.9. The van der Waals surface area contributed by atoms with Gasteiger partial charge in [-0.3, -0.25) is 18.7 Å². The lowest BCUT2D eigenvalue weighted by Gasteiger charge is -2.36. The maximum absolute atomic E-state index is 13.1. The third-order valence-electron chi connectivity index (χ3n) is 13.0. The minimum atomic E-state index is -0.501. The first kappa shape index (κ1) is 46.3. The highest BCUT2D eigenvalue weighted by Crippen LogP contribution is 2.32. The Morgan fingerprint density at radius 3 is 1.65 bits per heavy atom. The molecule has 8 heterocycles. The van der Waals surface area contributed by atoms with Crippen molar-refractivity contribution >= 4 is 63.3 Å². The Labute approximate surface area is 395 Å². The van der Waals surface area contributed by atoms with E-state index in [1.807, 2.05) is 56.7 Å². The van der Waals surface area contributed by atoms with E-state index in [9.17, 15) is 14.4 Å². The van der Waals surface area contributed by atoms with Gasteiger partial charge < -0.3 is 35.4 Å². The number of rotatable bonds is 9. The van der Waals surface area contributed by atoms with E-state index in [2.05, 4.69) is 71.7 Å². The van der Waals surface area contributed by atoms with Crippen LogP contribution in [0, 0.1) is 6.92 Å². The maximum Gasteiger partial charge on any atom is 0.410 e. The number of pyridine rings is 2. The second kappa shape index (κ2) is 20.2. The molecule has 4 aliphatic rings. The summed E-state index contributed by atoms with van der Waals surface area (Å²) in [6, 6.07) is 8.19. The molecule has 2 saturated heterocycles. The average Bonchev–Trinajstić information content (AvgIpc) is 4.09. The third kappa shape index (κ3) is 10.5. The highest BCUT2D eigenvalue weighted by molar-refractivity contribution is 5.73. The number of piperazine rings is 2. The number of aryl methyl sites for hydroxylation is 2. The molecule has 20 heteroatoms. The maximum atomic E-state index is 13.1. The van der Waals surface area contributed by atoms with Gasteiger partial charge in [0.05, 0.1) is 36.2 Å². The van der Waals surface area contributed by atoms with Crippen molar-refractivity contribution in [3.8, 4) is 0 Å². The number of carbonyl (C=O) groups excluding carboxylic acids is 1. The first-order valence-electron chi connectivity index (χ1n) is 24.1. The van der Waals surface area contributed by atoms with Gasteiger partial charge in [-0.25, -0.2) is 34.7 Å². The Kier molecular flexibility index (Phi) is 13.7. The van der Waals surface area contributed by atoms with Crippen LogP contribution in [0.4, 0.5) is 39.7 Å². The van der Waals surface area contributed by atoms with Crippen LogP contribution in [0.15, 0.2) is 58.6 Å². The van der Waals surface area contributed by atoms with Gasteiger partial charge in [0.25, 0.3) is 11.1 Å². The lowest BCUT2D eigenvalue weighted by atomic mass is 10.2. The van der Waals surface area contributed by atoms with Crippen LogP contribution >= 0.6 is 0 Å². The number of aromatic nitrogens is 10. The van der Waals surface area contributed by atoms with Crippen molar-refractivity contribution in [3.05, 3.63) is 81.1 Å². The zero-order valence-corrected chi connectivity index (χ0v) is 39.7. The van der Waals surface area contributed by atoms with Crippen molar-refractivity contribution in [2.45, 2.75) is 110 Å². The van der Waals surface area contributed by atoms with Crippen LogP contribution in [0.3, 0.4) is 0 Å². The van der Waals surface area contributed by atoms with Gasteiger partial charge in [-0.1, -0.05) is 32.6 Å². The lowest BCUT2D eigenvalue weighted by Crippen LogP contribution is -2.50. The predicted molar refractivity (Wildman–Crippen MR) is 262 cm³/mol. The summed E-state index contributed by atoms with van der Waals surface area (Å²) in [5.74, 6) is 2.07. The number of anilines is 6. The molecule has 6 aromatic heterocycles. The summed E-state index contributed by atoms with van der Waals surface area (Å²) in [7, 11) is 0. The fourth-order valence-electron chi connectivity index (χ4n) is 9.45. The van der Waals surface area contributed by atoms with Crippen molar-refractivity contribution < 1.29 is 9.53 Å². The van der Waals surface area contributed by atoms with E-state index in [0.717, 1.165) is 88.9 Å². The molecule has 0 spiro atoms. The molecule has 2 aliphatic carbocycles. The summed E-state index contributed by atoms with van der Waals surface area (Å²) >= 11 is 0. The summed E-state index contributed by atoms with van der Waals surface area (Å²) in [6.07, 6.45) is 15.8. The smallest absolute Gasteiger partial charge is 0.410 e. The summed E-state index contributed by atoms with van der Waals surface area (Å²) in [5, 5.41) is 9.70. The molecule has 0 atom stereocenters. The molecule has 0 unspecified atom stereocenters. The van der Waals surface area contributed by atoms with Crippen LogP contribution in [-0.2, 0) is 11.2 Å². The highest BCUT2D eigenvalue weighted by Gasteiger charge is 2.27. The number of nitrogens with one attached hydrogen (secondary N) is 3. The number of amides is 1. The van der Waals surface area contributed by atoms with Gasteiger partial charge in [-0.2, -0.15) is 9.97 Å². The summed E-state index contributed by atoms with van der Waals surface area (Å²) < 4.78 is 9.12. The molecule has 68 heavy (non-hydrogen) atoms. The Balaban J connectivity index is 0.000000172. The molecule has 3 N–H and O–H groups in total. The molecular weight excluding hydrogens is 865 g/mol. The average molecular weight is 927 g/mol. The molecule has 1 amide bonds. The Bertz CT molecular complexity index is 2840. The van der Waals surface area contributed by atoms with Crippen LogP contribution in [-0.4, -0.2) is 118 Å². The van der Waals surface area contributed by atoms with Gasteiger partial charge in [0, 0.05) is 64.4 Å². The SMILES string of the molecule is CCc1nc2cnc(Nc3ccc(N4CCNCC4)cn3)nc2n(C2CCCC2)c1=O.Cc1nc2cnc(Nc3ccc(N4CCN(C(=O)OC(C)(C)C)CC4)cn3)nc2n(C2CCCC2)c1=O. The third-order valence-corrected chi connectivity index (χ3v) is 13.0. The van der Waals surface area contributed by atoms with Crippen molar-refractivity contribution in [1.29, 1.82) is 0 Å². The topological polar surface area (TPSA) is 219 Å². The zero-order valence-electron chi connectivity index (χ0n) is 39.7. The second-order valence-electron chi connectivity index (χ2n) is 18.9. The molecule has 6 aromatic rings. The summed E-state index contributed by atoms with van der Waals surface area (Å²) in [5.41, 5.74) is 4.95. The fourth-order valence-corrected chi connectivity index (χ4v) is 9.45. The summed E-state index contributed by atoms with van der Waals surface area (Å²) in [4.78, 5) is 80.7. The number of hydrogen-bond acceptors (Lipinski definition) is 17. The second-order valence-corrected chi connectivity index (χ2v) is 18.9. The van der Waals surface area contributed by atoms with Crippen LogP contribution in [0.5, 0.6) is 0 Å². The molecule has 0 bridgehead atoms. The lowest BCUT2D eigenvalue weighted by molar-refractivity contribution is 0.0240. The number of ether oxygens (including phenoxy) is 1. The van der Waals surface area contributed by atoms with Gasteiger partial charge in [0.1, 0.15) is 39.7 Å². The van der Waals surface area contributed by atoms with E-state index in [0.29, 0.717) is 89.8 Å². The molecule has 0 aromatic carbocycles. The van der Waals surface area contributed by atoms with Gasteiger partial charge >= 0.3 is 6.09 Å². The van der Waals surface area contributed by atoms with Gasteiger partial charge in [0.15, 0.2) is 11.3 Å². The molecule has 20 nitrogen and oxygen atoms in total. The van der Waals surface area contributed by atoms with Gasteiger partial charge in [0.2, 0.25) is 11.9 Å². The molecular formula is C48H62N16O4. The number of fused-ring (bicyclic) bond motifs is 2. The highest BCUT2D eigenvalue weighted by atomic mass is 16.6. The van der Waals surface area contributed by atoms with Crippen molar-refractivity contribution in [2.75, 3.05) is 72.8 Å². The van der Waals surface area contributed by atoms with Crippen molar-refractivity contribution in [3.63, 3.8) is 0 Å². The van der Waals surface area contributed by atoms with Gasteiger partial charge in [-0.05, 0) is 84.1 Å². The van der Waals surface area contributed by atoms with E-state index < -0.39 is 5.60 Å². The van der Waals surface area contributed by atoms with E-state index in [-0.39, 0.29) is 29.3 Å². The van der Waals surface area contributed by atoms with E-state index in [1.165, 1.54) is 0 Å². The quantitative estimate of drug-likeness (QED) is 0.147. The Morgan fingerprint density at radius 1 is 0.662 bits per heavy atom. The molecule has 0 radical (unpaired) electrons. The molecule has 10 rings (SSSR count). The zero-order chi connectivity index (χ0) is 47.4. The molecule has 2 saturated carbocycles. The van der Waals surface area contributed by atoms with Crippen molar-refractivity contribution in [2.24, 2.45) is 0 Å². The van der Waals surface area contributed by atoms with Crippen molar-refractivity contribution in [1.82, 2.24) is 59.2 Å². The molecule has 4 fully saturated rings. The van der Waals surface area contributed by atoms with Crippen LogP contribution in [0.2, 0.25) is 0 Å². The minimum absolute atomic E-state index is 0.0231. The summed E-state index contributed by atoms with van der Waals surface area (Å²) in [6.45, 7) is 15.8. The van der Waals surface area contributed by atoms with E-state index in [1.54, 1.807) is 35.0 Å². The predicted octanol–water partition coefficient (Wildman–Crippen LogP) is 6.22. The van der Waals surface area contributed by atoms with Crippen LogP contribution in [0.1, 0.15) is 103 Å². The van der Waals surface area contributed by atoms with Gasteiger partial charge in [-0.15, -0.1) is 0 Å². The van der Waals surface area contributed by atoms with E-state index in [4.69, 9.17) is 4.74 Å². The molecule has 358 valence electrons. The van der Waals surface area contributed by atoms with Crippen LogP contribution in [0.25, 0.3) is 22.3 Å². The fraction of sp³-hybridized carbons (Fsp3) is 0.521. The number of carbonyl (C=O) groups is 1. The minimum Gasteiger partial charge on any atom is -0.444 e. The van der Waals surface area contributed by atoms with E-state index >= 15 is 0 Å². The Morgan fingerprint density at radius 2 is 1.16 bits per heavy atom. The molecule has 2 aliphatic heterocycles. The Hall–Kier alpha value is -6.83. The normalized spacial score (nSPS) is 17.1. The monoisotopic (exact) mass is 927 g/mol. The largest absolute Gasteiger partial charge is 0.444 e. The first-order valence-corrected chi connectivity index (χ1v) is 24.1. The number of hydrogen-bond donors (Lipinski definition) is 3.